The number of carbonyl (C=O) groups excluding carboxylic acids is 1. The zero-order chi connectivity index (χ0) is 20.2. The molecule has 1 unspecified atom stereocenters. The monoisotopic (exact) mass is 396 g/mol. The molecule has 1 aromatic rings. The van der Waals surface area contributed by atoms with Crippen molar-refractivity contribution in [2.45, 2.75) is 50.0 Å². The molecule has 2 aliphatic heterocycles. The van der Waals surface area contributed by atoms with E-state index in [0.717, 1.165) is 17.7 Å². The number of piperidine rings is 2. The number of alkyl halides is 2. The number of carbonyl (C=O) groups is 1. The Bertz CT molecular complexity index is 675. The van der Waals surface area contributed by atoms with Crippen LogP contribution in [-0.2, 0) is 11.2 Å². The number of likely N-dealkylation sites (tertiary alicyclic amines) is 2. The Morgan fingerprint density at radius 1 is 1.21 bits per heavy atom. The van der Waals surface area contributed by atoms with Gasteiger partial charge in [0.15, 0.2) is 0 Å². The van der Waals surface area contributed by atoms with Crippen LogP contribution in [0.3, 0.4) is 0 Å². The molecule has 0 aromatic heterocycles. The van der Waals surface area contributed by atoms with Crippen LogP contribution in [0.2, 0.25) is 0 Å². The number of nitrogens with zero attached hydrogens (tertiary/aromatic N) is 2. The molecule has 1 atom stereocenters. The van der Waals surface area contributed by atoms with Crippen LogP contribution < -0.4 is 4.74 Å². The van der Waals surface area contributed by atoms with Gasteiger partial charge in [-0.25, -0.2) is 8.78 Å². The van der Waals surface area contributed by atoms with E-state index in [1.165, 1.54) is 0 Å². The highest BCUT2D eigenvalue weighted by atomic mass is 19.3. The van der Waals surface area contributed by atoms with Crippen LogP contribution in [0.25, 0.3) is 0 Å². The van der Waals surface area contributed by atoms with Gasteiger partial charge >= 0.3 is 0 Å². The van der Waals surface area contributed by atoms with Gasteiger partial charge in [-0.2, -0.15) is 0 Å². The van der Waals surface area contributed by atoms with E-state index in [1.54, 1.807) is 12.0 Å². The third-order valence-electron chi connectivity index (χ3n) is 5.78. The number of halogens is 2. The van der Waals surface area contributed by atoms with Crippen LogP contribution in [0.5, 0.6) is 5.75 Å². The summed E-state index contributed by atoms with van der Waals surface area (Å²) in [5.74, 6) is -1.80. The van der Waals surface area contributed by atoms with Gasteiger partial charge < -0.3 is 14.7 Å². The molecule has 0 bridgehead atoms. The lowest BCUT2D eigenvalue weighted by Gasteiger charge is -2.43. The van der Waals surface area contributed by atoms with E-state index in [1.807, 2.05) is 29.2 Å². The first-order valence-corrected chi connectivity index (χ1v) is 10.0. The zero-order valence-corrected chi connectivity index (χ0v) is 16.5. The summed E-state index contributed by atoms with van der Waals surface area (Å²) in [7, 11) is 1.61. The van der Waals surface area contributed by atoms with Gasteiger partial charge in [0.1, 0.15) is 5.75 Å². The van der Waals surface area contributed by atoms with Crippen LogP contribution in [0.15, 0.2) is 24.3 Å². The molecule has 2 fully saturated rings. The lowest BCUT2D eigenvalue weighted by Crippen LogP contribution is -2.57. The number of hydrogen-bond donors (Lipinski definition) is 1. The number of amides is 1. The number of benzene rings is 1. The van der Waals surface area contributed by atoms with Crippen LogP contribution in [0, 0.1) is 0 Å². The molecule has 5 nitrogen and oxygen atoms in total. The molecule has 2 heterocycles. The van der Waals surface area contributed by atoms with Crippen molar-refractivity contribution >= 4 is 5.91 Å². The molecular weight excluding hydrogens is 366 g/mol. The fourth-order valence-corrected chi connectivity index (χ4v) is 4.15. The minimum absolute atomic E-state index is 0.0196. The summed E-state index contributed by atoms with van der Waals surface area (Å²) in [6, 6.07) is 7.66. The Hall–Kier alpha value is -1.73. The maximum Gasteiger partial charge on any atom is 0.250 e. The van der Waals surface area contributed by atoms with Crippen molar-refractivity contribution in [3.05, 3.63) is 29.8 Å². The van der Waals surface area contributed by atoms with E-state index in [9.17, 15) is 18.7 Å². The van der Waals surface area contributed by atoms with Crippen LogP contribution in [0.4, 0.5) is 8.78 Å². The normalized spacial score (nSPS) is 25.5. The smallest absolute Gasteiger partial charge is 0.250 e. The molecular formula is C21H30F2N2O3. The average Bonchev–Trinajstić information content (AvgIpc) is 2.68. The Labute approximate surface area is 165 Å². The Balaban J connectivity index is 1.51. The highest BCUT2D eigenvalue weighted by Crippen LogP contribution is 2.30. The van der Waals surface area contributed by atoms with Crippen molar-refractivity contribution in [3.8, 4) is 5.75 Å². The van der Waals surface area contributed by atoms with Crippen molar-refractivity contribution in [2.24, 2.45) is 0 Å². The first-order chi connectivity index (χ1) is 13.3. The van der Waals surface area contributed by atoms with E-state index in [0.29, 0.717) is 45.4 Å². The molecule has 2 aliphatic rings. The highest BCUT2D eigenvalue weighted by Gasteiger charge is 2.40. The maximum absolute atomic E-state index is 13.3. The van der Waals surface area contributed by atoms with E-state index in [-0.39, 0.29) is 25.3 Å². The van der Waals surface area contributed by atoms with Gasteiger partial charge in [0.2, 0.25) is 5.91 Å². The molecule has 1 amide bonds. The van der Waals surface area contributed by atoms with Gasteiger partial charge in [0, 0.05) is 45.4 Å². The van der Waals surface area contributed by atoms with E-state index < -0.39 is 11.5 Å². The molecule has 7 heteroatoms. The minimum atomic E-state index is -2.59. The van der Waals surface area contributed by atoms with Gasteiger partial charge in [-0.1, -0.05) is 12.1 Å². The van der Waals surface area contributed by atoms with Gasteiger partial charge in [-0.15, -0.1) is 0 Å². The molecule has 1 N–H and O–H groups in total. The number of aryl methyl sites for hydroxylation is 1. The second-order valence-electron chi connectivity index (χ2n) is 8.13. The molecule has 0 radical (unpaired) electrons. The molecule has 0 saturated carbocycles. The van der Waals surface area contributed by atoms with Gasteiger partial charge in [-0.05, 0) is 37.0 Å². The molecule has 3 rings (SSSR count). The molecule has 1 aromatic carbocycles. The quantitative estimate of drug-likeness (QED) is 0.803. The first kappa shape index (κ1) is 21.0. The summed E-state index contributed by atoms with van der Waals surface area (Å²) >= 11 is 0. The lowest BCUT2D eigenvalue weighted by molar-refractivity contribution is -0.140. The Kier molecular flexibility index (Phi) is 6.55. The second kappa shape index (κ2) is 8.74. The van der Waals surface area contributed by atoms with Crippen LogP contribution in [-0.4, -0.2) is 72.2 Å². The van der Waals surface area contributed by atoms with E-state index >= 15 is 0 Å². The fourth-order valence-electron chi connectivity index (χ4n) is 4.15. The first-order valence-electron chi connectivity index (χ1n) is 10.0. The summed E-state index contributed by atoms with van der Waals surface area (Å²) in [5.41, 5.74) is 0.0190. The molecule has 2 saturated heterocycles. The summed E-state index contributed by atoms with van der Waals surface area (Å²) in [4.78, 5) is 16.3. The highest BCUT2D eigenvalue weighted by molar-refractivity contribution is 5.76. The van der Waals surface area contributed by atoms with Crippen molar-refractivity contribution in [3.63, 3.8) is 0 Å². The summed E-state index contributed by atoms with van der Waals surface area (Å²) in [6.07, 6.45) is 1.99. The van der Waals surface area contributed by atoms with Gasteiger partial charge in [-0.3, -0.25) is 9.69 Å². The van der Waals surface area contributed by atoms with Crippen LogP contribution >= 0.6 is 0 Å². The topological polar surface area (TPSA) is 53.0 Å². The summed E-state index contributed by atoms with van der Waals surface area (Å²) < 4.78 is 31.9. The maximum atomic E-state index is 13.3. The van der Waals surface area contributed by atoms with Crippen molar-refractivity contribution in [1.82, 2.24) is 9.80 Å². The zero-order valence-electron chi connectivity index (χ0n) is 16.5. The number of β-amino-alcohol motifs (C(OH)–C–C–N with tert-alkyl or cyclic N) is 1. The largest absolute Gasteiger partial charge is 0.497 e. The number of ether oxygens (including phenoxy) is 1. The standard InChI is InChI=1S/C21H30F2N2O3/c1-28-18-5-2-4-17(14-18)6-7-19(26)25-11-3-8-20(27,16-25)15-24-12-9-21(22,23)10-13-24/h2,4-5,14,27H,3,6-13,15-16H2,1H3. The fraction of sp³-hybridized carbons (Fsp3) is 0.667. The second-order valence-corrected chi connectivity index (χ2v) is 8.13. The number of rotatable bonds is 6. The van der Waals surface area contributed by atoms with Gasteiger partial charge in [0.05, 0.1) is 19.3 Å². The molecule has 0 spiro atoms. The number of hydrogen-bond acceptors (Lipinski definition) is 4. The molecule has 156 valence electrons. The third kappa shape index (κ3) is 5.64. The predicted molar refractivity (Wildman–Crippen MR) is 103 cm³/mol. The van der Waals surface area contributed by atoms with E-state index in [4.69, 9.17) is 4.74 Å². The summed E-state index contributed by atoms with van der Waals surface area (Å²) in [6.45, 7) is 1.84. The minimum Gasteiger partial charge on any atom is -0.497 e. The molecule has 0 aliphatic carbocycles. The average molecular weight is 396 g/mol. The third-order valence-corrected chi connectivity index (χ3v) is 5.78. The van der Waals surface area contributed by atoms with Crippen molar-refractivity contribution in [1.29, 1.82) is 0 Å². The summed E-state index contributed by atoms with van der Waals surface area (Å²) in [5, 5.41) is 11.0. The number of methoxy groups -OCH3 is 1. The van der Waals surface area contributed by atoms with Crippen molar-refractivity contribution in [2.75, 3.05) is 39.8 Å². The van der Waals surface area contributed by atoms with Gasteiger partial charge in [0.25, 0.3) is 5.92 Å². The van der Waals surface area contributed by atoms with Crippen LogP contribution in [0.1, 0.15) is 37.7 Å². The lowest BCUT2D eigenvalue weighted by atomic mass is 9.91. The van der Waals surface area contributed by atoms with E-state index in [2.05, 4.69) is 0 Å². The molecule has 28 heavy (non-hydrogen) atoms. The number of aliphatic hydroxyl groups is 1. The van der Waals surface area contributed by atoms with Crippen molar-refractivity contribution < 1.29 is 23.4 Å². The SMILES string of the molecule is COc1cccc(CCC(=O)N2CCCC(O)(CN3CCC(F)(F)CC3)C2)c1. The Morgan fingerprint density at radius 2 is 1.96 bits per heavy atom. The predicted octanol–water partition coefficient (Wildman–Crippen LogP) is 2.71. The Morgan fingerprint density at radius 3 is 2.68 bits per heavy atom.